The van der Waals surface area contributed by atoms with E-state index >= 15 is 0 Å². The molecular formula is C11H11F3O4. The largest absolute Gasteiger partial charge is 0.573 e. The van der Waals surface area contributed by atoms with Crippen LogP contribution in [-0.2, 0) is 9.53 Å². The van der Waals surface area contributed by atoms with Crippen LogP contribution in [0.3, 0.4) is 0 Å². The van der Waals surface area contributed by atoms with Crippen molar-refractivity contribution in [1.82, 2.24) is 0 Å². The molecule has 0 spiro atoms. The predicted octanol–water partition coefficient (Wildman–Crippen LogP) is 2.18. The highest BCUT2D eigenvalue weighted by atomic mass is 19.4. The number of hydrogen-bond acceptors (Lipinski definition) is 4. The Hall–Kier alpha value is -1.76. The Bertz CT molecular complexity index is 386. The number of methoxy groups -OCH3 is 1. The van der Waals surface area contributed by atoms with Crippen molar-refractivity contribution in [2.45, 2.75) is 6.36 Å². The smallest absolute Gasteiger partial charge is 0.486 e. The average molecular weight is 264 g/mol. The second-order valence-corrected chi connectivity index (χ2v) is 3.28. The van der Waals surface area contributed by atoms with E-state index in [1.807, 2.05) is 0 Å². The second kappa shape index (κ2) is 6.25. The Morgan fingerprint density at radius 1 is 1.11 bits per heavy atom. The molecule has 0 aliphatic carbocycles. The summed E-state index contributed by atoms with van der Waals surface area (Å²) in [5.41, 5.74) is 0. The number of ketones is 1. The topological polar surface area (TPSA) is 44.8 Å². The lowest BCUT2D eigenvalue weighted by Crippen LogP contribution is -2.17. The number of carbonyl (C=O) groups is 1. The van der Waals surface area contributed by atoms with Crippen molar-refractivity contribution < 1.29 is 32.2 Å². The molecule has 7 heteroatoms. The highest BCUT2D eigenvalue weighted by molar-refractivity contribution is 5.81. The molecule has 0 saturated heterocycles. The molecule has 1 aromatic rings. The number of ether oxygens (including phenoxy) is 3. The van der Waals surface area contributed by atoms with Gasteiger partial charge in [-0.25, -0.2) is 0 Å². The molecule has 0 bridgehead atoms. The maximum atomic E-state index is 11.9. The fourth-order valence-corrected chi connectivity index (χ4v) is 1.10. The Morgan fingerprint density at radius 3 is 2.17 bits per heavy atom. The molecule has 1 aromatic carbocycles. The SMILES string of the molecule is COCC(=O)COc1ccc(OC(F)(F)F)cc1. The zero-order chi connectivity index (χ0) is 13.6. The van der Waals surface area contributed by atoms with Crippen LogP contribution >= 0.6 is 0 Å². The van der Waals surface area contributed by atoms with Crippen LogP contribution in [0.5, 0.6) is 11.5 Å². The van der Waals surface area contributed by atoms with Gasteiger partial charge in [0.2, 0.25) is 0 Å². The van der Waals surface area contributed by atoms with Crippen molar-refractivity contribution in [3.8, 4) is 11.5 Å². The van der Waals surface area contributed by atoms with Gasteiger partial charge in [-0.15, -0.1) is 13.2 Å². The van der Waals surface area contributed by atoms with E-state index in [9.17, 15) is 18.0 Å². The first-order chi connectivity index (χ1) is 8.40. The van der Waals surface area contributed by atoms with Crippen LogP contribution in [0.25, 0.3) is 0 Å². The number of hydrogen-bond donors (Lipinski definition) is 0. The Kier molecular flexibility index (Phi) is 4.96. The summed E-state index contributed by atoms with van der Waals surface area (Å²) in [5.74, 6) is -0.347. The molecule has 4 nitrogen and oxygen atoms in total. The van der Waals surface area contributed by atoms with Crippen LogP contribution < -0.4 is 9.47 Å². The molecule has 0 aromatic heterocycles. The fourth-order valence-electron chi connectivity index (χ4n) is 1.10. The third-order valence-electron chi connectivity index (χ3n) is 1.76. The highest BCUT2D eigenvalue weighted by Gasteiger charge is 2.30. The maximum absolute atomic E-state index is 11.9. The van der Waals surface area contributed by atoms with Crippen LogP contribution in [0.1, 0.15) is 0 Å². The fraction of sp³-hybridized carbons (Fsp3) is 0.364. The molecule has 0 unspecified atom stereocenters. The summed E-state index contributed by atoms with van der Waals surface area (Å²) in [5, 5.41) is 0. The van der Waals surface area contributed by atoms with Gasteiger partial charge in [-0.05, 0) is 24.3 Å². The average Bonchev–Trinajstić information content (AvgIpc) is 2.26. The van der Waals surface area contributed by atoms with Crippen molar-refractivity contribution >= 4 is 5.78 Å². The molecule has 0 amide bonds. The monoisotopic (exact) mass is 264 g/mol. The number of Topliss-reactive ketones (excluding diaryl/α,β-unsaturated/α-hetero) is 1. The lowest BCUT2D eigenvalue weighted by molar-refractivity contribution is -0.274. The first-order valence-electron chi connectivity index (χ1n) is 4.90. The van der Waals surface area contributed by atoms with E-state index in [1.165, 1.54) is 19.2 Å². The molecule has 0 saturated carbocycles. The van der Waals surface area contributed by atoms with E-state index in [2.05, 4.69) is 9.47 Å². The zero-order valence-corrected chi connectivity index (χ0v) is 9.49. The first-order valence-corrected chi connectivity index (χ1v) is 4.90. The van der Waals surface area contributed by atoms with Gasteiger partial charge >= 0.3 is 6.36 Å². The summed E-state index contributed by atoms with van der Waals surface area (Å²) in [4.78, 5) is 11.0. The van der Waals surface area contributed by atoms with E-state index in [4.69, 9.17) is 4.74 Å². The third-order valence-corrected chi connectivity index (χ3v) is 1.76. The van der Waals surface area contributed by atoms with E-state index in [-0.39, 0.29) is 30.5 Å². The van der Waals surface area contributed by atoms with Crippen LogP contribution in [-0.4, -0.2) is 32.5 Å². The number of carbonyl (C=O) groups excluding carboxylic acids is 1. The van der Waals surface area contributed by atoms with Gasteiger partial charge in [-0.3, -0.25) is 4.79 Å². The molecule has 0 aliphatic rings. The van der Waals surface area contributed by atoms with Crippen LogP contribution in [0.2, 0.25) is 0 Å². The van der Waals surface area contributed by atoms with Gasteiger partial charge < -0.3 is 14.2 Å². The molecule has 1 rings (SSSR count). The summed E-state index contributed by atoms with van der Waals surface area (Å²) in [6, 6.07) is 4.76. The van der Waals surface area contributed by atoms with Gasteiger partial charge in [0.25, 0.3) is 0 Å². The molecule has 0 radical (unpaired) electrons. The second-order valence-electron chi connectivity index (χ2n) is 3.28. The quantitative estimate of drug-likeness (QED) is 0.790. The predicted molar refractivity (Wildman–Crippen MR) is 55.5 cm³/mol. The lowest BCUT2D eigenvalue weighted by atomic mass is 10.3. The van der Waals surface area contributed by atoms with Crippen molar-refractivity contribution in [3.05, 3.63) is 24.3 Å². The maximum Gasteiger partial charge on any atom is 0.573 e. The lowest BCUT2D eigenvalue weighted by Gasteiger charge is -2.09. The third kappa shape index (κ3) is 5.53. The summed E-state index contributed by atoms with van der Waals surface area (Å²) < 4.78 is 48.9. The number of rotatable bonds is 6. The van der Waals surface area contributed by atoms with Crippen molar-refractivity contribution in [3.63, 3.8) is 0 Å². The van der Waals surface area contributed by atoms with Crippen LogP contribution in [0.4, 0.5) is 13.2 Å². The van der Waals surface area contributed by atoms with Crippen molar-refractivity contribution in [1.29, 1.82) is 0 Å². The summed E-state index contributed by atoms with van der Waals surface area (Å²) >= 11 is 0. The number of halogens is 3. The molecule has 0 N–H and O–H groups in total. The van der Waals surface area contributed by atoms with E-state index in [1.54, 1.807) is 0 Å². The van der Waals surface area contributed by atoms with E-state index in [0.29, 0.717) is 0 Å². The standard InChI is InChI=1S/C11H11F3O4/c1-16-6-8(15)7-17-9-2-4-10(5-3-9)18-11(12,13)14/h2-5H,6-7H2,1H3. The highest BCUT2D eigenvalue weighted by Crippen LogP contribution is 2.24. The van der Waals surface area contributed by atoms with Gasteiger partial charge in [0.15, 0.2) is 5.78 Å². The Morgan fingerprint density at radius 2 is 1.67 bits per heavy atom. The molecular weight excluding hydrogens is 253 g/mol. The van der Waals surface area contributed by atoms with Gasteiger partial charge in [0.05, 0.1) is 0 Å². The molecule has 18 heavy (non-hydrogen) atoms. The van der Waals surface area contributed by atoms with Gasteiger partial charge in [0, 0.05) is 7.11 Å². The molecule has 0 aliphatic heterocycles. The van der Waals surface area contributed by atoms with E-state index in [0.717, 1.165) is 12.1 Å². The Balaban J connectivity index is 2.48. The minimum atomic E-state index is -4.73. The van der Waals surface area contributed by atoms with Crippen molar-refractivity contribution in [2.24, 2.45) is 0 Å². The van der Waals surface area contributed by atoms with Crippen molar-refractivity contribution in [2.75, 3.05) is 20.3 Å². The zero-order valence-electron chi connectivity index (χ0n) is 9.49. The van der Waals surface area contributed by atoms with Gasteiger partial charge in [-0.1, -0.05) is 0 Å². The number of alkyl halides is 3. The summed E-state index contributed by atoms with van der Waals surface area (Å²) in [7, 11) is 1.38. The molecule has 0 atom stereocenters. The van der Waals surface area contributed by atoms with Crippen LogP contribution in [0.15, 0.2) is 24.3 Å². The Labute approximate surface area is 101 Å². The molecule has 0 heterocycles. The molecule has 100 valence electrons. The summed E-state index contributed by atoms with van der Waals surface area (Å²) in [6.45, 7) is -0.275. The minimum Gasteiger partial charge on any atom is -0.486 e. The van der Waals surface area contributed by atoms with Gasteiger partial charge in [0.1, 0.15) is 24.7 Å². The number of benzene rings is 1. The van der Waals surface area contributed by atoms with Gasteiger partial charge in [-0.2, -0.15) is 0 Å². The van der Waals surface area contributed by atoms with Crippen LogP contribution in [0, 0.1) is 0 Å². The first kappa shape index (κ1) is 14.3. The summed E-state index contributed by atoms with van der Waals surface area (Å²) in [6.07, 6.45) is -4.73. The normalized spacial score (nSPS) is 11.1. The molecule has 0 fully saturated rings. The van der Waals surface area contributed by atoms with E-state index < -0.39 is 6.36 Å². The minimum absolute atomic E-state index is 0.0741.